The standard InChI is InChI=1S/C10H13N2O5P/c13-6(17-18-16)2-5-12-4-1-3-11-7-8(12)10(15)9(7)14/h6,13,18H,1-5H2/p+1. The summed E-state index contributed by atoms with van der Waals surface area (Å²) in [6, 6.07) is 0. The van der Waals surface area contributed by atoms with Crippen LogP contribution in [0.5, 0.6) is 0 Å². The maximum Gasteiger partial charge on any atom is 0.496 e. The molecule has 1 aliphatic heterocycles. The summed E-state index contributed by atoms with van der Waals surface area (Å²) in [5, 5.41) is 12.2. The van der Waals surface area contributed by atoms with Crippen LogP contribution in [0.3, 0.4) is 0 Å². The number of hydrogen-bond acceptors (Lipinski definition) is 7. The zero-order valence-corrected chi connectivity index (χ0v) is 10.6. The minimum Gasteiger partial charge on any atom is -0.380 e. The zero-order valence-electron chi connectivity index (χ0n) is 9.64. The van der Waals surface area contributed by atoms with Crippen molar-refractivity contribution in [3.63, 3.8) is 0 Å². The maximum atomic E-state index is 11.5. The van der Waals surface area contributed by atoms with Crippen LogP contribution >= 0.6 is 8.69 Å². The van der Waals surface area contributed by atoms with Crippen LogP contribution in [0, 0.1) is 0 Å². The molecule has 0 fully saturated rings. The Hall–Kier alpha value is -1.30. The molecule has 1 aliphatic rings. The normalized spacial score (nSPS) is 17.3. The molecule has 1 heterocycles. The SMILES string of the molecule is O=[PH+]OC(O)CCN1CCCNc2c1c(=O)c2=O. The van der Waals surface area contributed by atoms with Gasteiger partial charge in [-0.2, -0.15) is 0 Å². The van der Waals surface area contributed by atoms with E-state index in [9.17, 15) is 19.3 Å². The van der Waals surface area contributed by atoms with E-state index in [0.29, 0.717) is 31.0 Å². The molecule has 98 valence electrons. The molecule has 0 spiro atoms. The van der Waals surface area contributed by atoms with E-state index < -0.39 is 25.8 Å². The van der Waals surface area contributed by atoms with Crippen LogP contribution in [0.15, 0.2) is 9.59 Å². The average molecular weight is 273 g/mol. The molecule has 1 aromatic carbocycles. The van der Waals surface area contributed by atoms with Crippen molar-refractivity contribution >= 4 is 20.1 Å². The summed E-state index contributed by atoms with van der Waals surface area (Å²) >= 11 is 0. The number of aliphatic hydroxyl groups excluding tert-OH is 1. The molecule has 0 aliphatic carbocycles. The second kappa shape index (κ2) is 5.56. The Balaban J connectivity index is 2.05. The summed E-state index contributed by atoms with van der Waals surface area (Å²) in [5.41, 5.74) is -0.192. The van der Waals surface area contributed by atoms with Gasteiger partial charge in [-0.1, -0.05) is 0 Å². The van der Waals surface area contributed by atoms with Crippen LogP contribution in [-0.2, 0) is 9.09 Å². The van der Waals surface area contributed by atoms with Crippen molar-refractivity contribution in [2.24, 2.45) is 0 Å². The van der Waals surface area contributed by atoms with Gasteiger partial charge in [0.1, 0.15) is 11.4 Å². The van der Waals surface area contributed by atoms with E-state index in [2.05, 4.69) is 9.84 Å². The first-order valence-electron chi connectivity index (χ1n) is 5.68. The van der Waals surface area contributed by atoms with Crippen molar-refractivity contribution in [1.29, 1.82) is 0 Å². The van der Waals surface area contributed by atoms with Gasteiger partial charge in [0.15, 0.2) is 0 Å². The first-order valence-corrected chi connectivity index (χ1v) is 6.49. The van der Waals surface area contributed by atoms with Crippen LogP contribution < -0.4 is 21.1 Å². The fourth-order valence-corrected chi connectivity index (χ4v) is 2.27. The highest BCUT2D eigenvalue weighted by atomic mass is 31.1. The highest BCUT2D eigenvalue weighted by molar-refractivity contribution is 7.17. The Kier molecular flexibility index (Phi) is 4.06. The lowest BCUT2D eigenvalue weighted by molar-refractivity contribution is -0.0115. The topological polar surface area (TPSA) is 95.9 Å². The van der Waals surface area contributed by atoms with E-state index in [1.54, 1.807) is 4.90 Å². The molecule has 0 amide bonds. The molecule has 1 aromatic rings. The van der Waals surface area contributed by atoms with E-state index in [1.807, 2.05) is 0 Å². The van der Waals surface area contributed by atoms with E-state index >= 15 is 0 Å². The van der Waals surface area contributed by atoms with Crippen LogP contribution in [0.1, 0.15) is 12.8 Å². The summed E-state index contributed by atoms with van der Waals surface area (Å²) in [6.07, 6.45) is -0.0895. The molecule has 0 radical (unpaired) electrons. The second-order valence-corrected chi connectivity index (χ2v) is 4.50. The van der Waals surface area contributed by atoms with E-state index in [4.69, 9.17) is 0 Å². The van der Waals surface area contributed by atoms with E-state index in [-0.39, 0.29) is 6.42 Å². The van der Waals surface area contributed by atoms with E-state index in [0.717, 1.165) is 6.42 Å². The minimum atomic E-state index is -1.12. The average Bonchev–Trinajstić information content (AvgIpc) is 2.56. The third-order valence-electron chi connectivity index (χ3n) is 2.94. The number of anilines is 2. The van der Waals surface area contributed by atoms with Crippen molar-refractivity contribution in [2.75, 3.05) is 29.9 Å². The van der Waals surface area contributed by atoms with Gasteiger partial charge in [0, 0.05) is 26.1 Å². The van der Waals surface area contributed by atoms with E-state index in [1.165, 1.54) is 0 Å². The smallest absolute Gasteiger partial charge is 0.380 e. The van der Waals surface area contributed by atoms with Gasteiger partial charge in [-0.25, -0.2) is 0 Å². The van der Waals surface area contributed by atoms with Crippen molar-refractivity contribution < 1.29 is 14.2 Å². The molecule has 2 N–H and O–H groups in total. The third-order valence-corrected chi connectivity index (χ3v) is 3.31. The Bertz CT molecular complexity index is 510. The number of fused-ring (bicyclic) bond motifs is 1. The Morgan fingerprint density at radius 3 is 2.94 bits per heavy atom. The third kappa shape index (κ3) is 2.43. The molecular formula is C10H14N2O5P+. The summed E-state index contributed by atoms with van der Waals surface area (Å²) in [7, 11) is -1.01. The Morgan fingerprint density at radius 2 is 2.22 bits per heavy atom. The van der Waals surface area contributed by atoms with Crippen molar-refractivity contribution in [1.82, 2.24) is 0 Å². The van der Waals surface area contributed by atoms with Crippen LogP contribution in [0.2, 0.25) is 0 Å². The number of nitrogens with zero attached hydrogens (tertiary/aromatic N) is 1. The molecule has 2 unspecified atom stereocenters. The minimum absolute atomic E-state index is 0.230. The van der Waals surface area contributed by atoms with Gasteiger partial charge in [-0.3, -0.25) is 9.59 Å². The lowest BCUT2D eigenvalue weighted by Gasteiger charge is -2.24. The zero-order chi connectivity index (χ0) is 13.1. The summed E-state index contributed by atoms with van der Waals surface area (Å²) in [5.74, 6) is 0. The highest BCUT2D eigenvalue weighted by Gasteiger charge is 2.28. The van der Waals surface area contributed by atoms with Crippen molar-refractivity contribution in [2.45, 2.75) is 19.1 Å². The van der Waals surface area contributed by atoms with Crippen LogP contribution in [0.4, 0.5) is 11.4 Å². The molecule has 8 heteroatoms. The fraction of sp³-hybridized carbons (Fsp3) is 0.600. The van der Waals surface area contributed by atoms with Gasteiger partial charge in [-0.15, -0.1) is 4.52 Å². The lowest BCUT2D eigenvalue weighted by atomic mass is 10.1. The number of aliphatic hydroxyl groups is 1. The van der Waals surface area contributed by atoms with Gasteiger partial charge in [0.05, 0.1) is 0 Å². The summed E-state index contributed by atoms with van der Waals surface area (Å²) < 4.78 is 14.7. The maximum absolute atomic E-state index is 11.5. The molecule has 0 saturated carbocycles. The first-order chi connectivity index (χ1) is 8.65. The molecule has 2 atom stereocenters. The van der Waals surface area contributed by atoms with Crippen molar-refractivity contribution in [3.8, 4) is 0 Å². The van der Waals surface area contributed by atoms with Crippen molar-refractivity contribution in [3.05, 3.63) is 20.4 Å². The van der Waals surface area contributed by atoms with Gasteiger partial charge in [-0.05, 0) is 11.0 Å². The quantitative estimate of drug-likeness (QED) is 0.427. The predicted octanol–water partition coefficient (Wildman–Crippen LogP) is -0.431. The molecular weight excluding hydrogens is 259 g/mol. The largest absolute Gasteiger partial charge is 0.496 e. The highest BCUT2D eigenvalue weighted by Crippen LogP contribution is 2.23. The van der Waals surface area contributed by atoms with Gasteiger partial charge < -0.3 is 15.3 Å². The summed E-state index contributed by atoms with van der Waals surface area (Å²) in [6.45, 7) is 1.66. The van der Waals surface area contributed by atoms with Gasteiger partial charge in [0.25, 0.3) is 10.9 Å². The van der Waals surface area contributed by atoms with Crippen LogP contribution in [-0.4, -0.2) is 31.0 Å². The number of hydrogen-bond donors (Lipinski definition) is 2. The van der Waals surface area contributed by atoms with Gasteiger partial charge in [0.2, 0.25) is 6.29 Å². The molecule has 0 aromatic heterocycles. The van der Waals surface area contributed by atoms with Gasteiger partial charge >= 0.3 is 8.69 Å². The molecule has 2 rings (SSSR count). The lowest BCUT2D eigenvalue weighted by Crippen LogP contribution is -2.42. The van der Waals surface area contributed by atoms with Crippen LogP contribution in [0.25, 0.3) is 0 Å². The Morgan fingerprint density at radius 1 is 1.44 bits per heavy atom. The second-order valence-electron chi connectivity index (χ2n) is 4.09. The molecule has 18 heavy (non-hydrogen) atoms. The Labute approximate surface area is 104 Å². The monoisotopic (exact) mass is 273 g/mol. The molecule has 7 nitrogen and oxygen atoms in total. The fourth-order valence-electron chi connectivity index (χ4n) is 2.04. The first kappa shape index (κ1) is 13.1. The number of nitrogens with one attached hydrogen (secondary N) is 1. The predicted molar refractivity (Wildman–Crippen MR) is 67.4 cm³/mol. The molecule has 0 bridgehead atoms. The summed E-state index contributed by atoms with van der Waals surface area (Å²) in [4.78, 5) is 24.6. The molecule has 0 saturated heterocycles. The number of rotatable bonds is 5.